The normalized spacial score (nSPS) is 16.8. The van der Waals surface area contributed by atoms with E-state index in [2.05, 4.69) is 20.0 Å². The van der Waals surface area contributed by atoms with Crippen LogP contribution in [0.25, 0.3) is 11.4 Å². The van der Waals surface area contributed by atoms with Crippen molar-refractivity contribution in [3.63, 3.8) is 0 Å². The van der Waals surface area contributed by atoms with Crippen molar-refractivity contribution in [3.05, 3.63) is 60.7 Å². The number of likely N-dealkylation sites (tertiary alicyclic amines) is 1. The molecule has 2 aromatic heterocycles. The summed E-state index contributed by atoms with van der Waals surface area (Å²) in [6, 6.07) is 13.3. The van der Waals surface area contributed by atoms with Crippen LogP contribution in [-0.2, 0) is 0 Å². The first-order valence-electron chi connectivity index (χ1n) is 9.60. The first-order valence-corrected chi connectivity index (χ1v) is 9.60. The predicted octanol–water partition coefficient (Wildman–Crippen LogP) is 2.75. The van der Waals surface area contributed by atoms with Crippen LogP contribution in [0.4, 0.5) is 0 Å². The lowest BCUT2D eigenvalue weighted by Gasteiger charge is -2.31. The summed E-state index contributed by atoms with van der Waals surface area (Å²) in [5.41, 5.74) is 0.858. The SMILES string of the molecule is OC(COc1ccccc1)CN1CCC(c2nc(-c3cccnc3)no2)CC1. The van der Waals surface area contributed by atoms with Crippen molar-refractivity contribution in [2.45, 2.75) is 24.9 Å². The fraction of sp³-hybridized carbons (Fsp3) is 0.381. The van der Waals surface area contributed by atoms with Crippen molar-refractivity contribution in [1.82, 2.24) is 20.0 Å². The van der Waals surface area contributed by atoms with Gasteiger partial charge < -0.3 is 19.3 Å². The summed E-state index contributed by atoms with van der Waals surface area (Å²) in [7, 11) is 0. The molecule has 4 rings (SSSR count). The summed E-state index contributed by atoms with van der Waals surface area (Å²) < 4.78 is 11.1. The molecular weight excluding hydrogens is 356 g/mol. The van der Waals surface area contributed by atoms with Crippen molar-refractivity contribution in [2.75, 3.05) is 26.2 Å². The molecule has 0 spiro atoms. The van der Waals surface area contributed by atoms with E-state index in [0.29, 0.717) is 24.9 Å². The van der Waals surface area contributed by atoms with Gasteiger partial charge in [-0.2, -0.15) is 4.98 Å². The summed E-state index contributed by atoms with van der Waals surface area (Å²) in [4.78, 5) is 10.9. The molecule has 1 aromatic carbocycles. The molecule has 7 nitrogen and oxygen atoms in total. The number of aliphatic hydroxyl groups is 1. The van der Waals surface area contributed by atoms with E-state index in [4.69, 9.17) is 9.26 Å². The van der Waals surface area contributed by atoms with E-state index in [1.54, 1.807) is 12.4 Å². The third-order valence-electron chi connectivity index (χ3n) is 4.95. The highest BCUT2D eigenvalue weighted by molar-refractivity contribution is 5.51. The second-order valence-electron chi connectivity index (χ2n) is 7.05. The monoisotopic (exact) mass is 380 g/mol. The molecule has 0 radical (unpaired) electrons. The van der Waals surface area contributed by atoms with Gasteiger partial charge in [0.25, 0.3) is 0 Å². The number of ether oxygens (including phenoxy) is 1. The summed E-state index contributed by atoms with van der Waals surface area (Å²) in [5.74, 6) is 2.30. The lowest BCUT2D eigenvalue weighted by molar-refractivity contribution is 0.0579. The van der Waals surface area contributed by atoms with Crippen molar-refractivity contribution >= 4 is 0 Å². The van der Waals surface area contributed by atoms with Gasteiger partial charge in [0, 0.05) is 30.4 Å². The Labute approximate surface area is 164 Å². The molecule has 1 fully saturated rings. The molecule has 1 aliphatic heterocycles. The van der Waals surface area contributed by atoms with E-state index in [0.717, 1.165) is 37.2 Å². The molecule has 0 amide bonds. The Balaban J connectivity index is 1.24. The molecule has 3 heterocycles. The predicted molar refractivity (Wildman–Crippen MR) is 104 cm³/mol. The third kappa shape index (κ3) is 4.74. The minimum absolute atomic E-state index is 0.256. The fourth-order valence-electron chi connectivity index (χ4n) is 3.44. The van der Waals surface area contributed by atoms with Crippen LogP contribution in [0.1, 0.15) is 24.7 Å². The second kappa shape index (κ2) is 8.95. The molecule has 0 saturated carbocycles. The number of aromatic nitrogens is 3. The standard InChI is InChI=1S/C21H24N4O3/c26-18(15-27-19-6-2-1-3-7-19)14-25-11-8-16(9-12-25)21-23-20(24-28-21)17-5-4-10-22-13-17/h1-7,10,13,16,18,26H,8-9,11-12,14-15H2. The van der Waals surface area contributed by atoms with Crippen LogP contribution in [0.5, 0.6) is 5.75 Å². The molecule has 1 aliphatic rings. The number of pyridine rings is 1. The smallest absolute Gasteiger partial charge is 0.230 e. The molecule has 1 atom stereocenters. The average Bonchev–Trinajstić information content (AvgIpc) is 3.25. The summed E-state index contributed by atoms with van der Waals surface area (Å²) in [5, 5.41) is 14.3. The highest BCUT2D eigenvalue weighted by Gasteiger charge is 2.26. The van der Waals surface area contributed by atoms with Crippen molar-refractivity contribution in [3.8, 4) is 17.1 Å². The van der Waals surface area contributed by atoms with E-state index in [1.165, 1.54) is 0 Å². The van der Waals surface area contributed by atoms with Crippen LogP contribution in [0.15, 0.2) is 59.4 Å². The average molecular weight is 380 g/mol. The zero-order valence-electron chi connectivity index (χ0n) is 15.6. The number of para-hydroxylation sites is 1. The zero-order chi connectivity index (χ0) is 19.2. The first-order chi connectivity index (χ1) is 13.8. The van der Waals surface area contributed by atoms with E-state index >= 15 is 0 Å². The molecule has 0 aliphatic carbocycles. The lowest BCUT2D eigenvalue weighted by Crippen LogP contribution is -2.40. The van der Waals surface area contributed by atoms with Crippen LogP contribution in [-0.4, -0.2) is 57.5 Å². The number of piperidine rings is 1. The van der Waals surface area contributed by atoms with Gasteiger partial charge in [-0.1, -0.05) is 23.4 Å². The Morgan fingerprint density at radius 3 is 2.71 bits per heavy atom. The Morgan fingerprint density at radius 1 is 1.14 bits per heavy atom. The lowest BCUT2D eigenvalue weighted by atomic mass is 9.96. The van der Waals surface area contributed by atoms with E-state index in [9.17, 15) is 5.11 Å². The van der Waals surface area contributed by atoms with Gasteiger partial charge in [0.15, 0.2) is 0 Å². The summed E-state index contributed by atoms with van der Waals surface area (Å²) >= 11 is 0. The van der Waals surface area contributed by atoms with Gasteiger partial charge >= 0.3 is 0 Å². The summed E-state index contributed by atoms with van der Waals surface area (Å²) in [6.45, 7) is 2.67. The second-order valence-corrected chi connectivity index (χ2v) is 7.05. The Kier molecular flexibility index (Phi) is 5.94. The minimum atomic E-state index is -0.516. The molecule has 1 saturated heterocycles. The van der Waals surface area contributed by atoms with Crippen LogP contribution in [0.2, 0.25) is 0 Å². The maximum absolute atomic E-state index is 10.3. The quantitative estimate of drug-likeness (QED) is 0.675. The molecule has 0 bridgehead atoms. The maximum atomic E-state index is 10.3. The van der Waals surface area contributed by atoms with Gasteiger partial charge in [-0.3, -0.25) is 4.98 Å². The van der Waals surface area contributed by atoms with E-state index in [1.807, 2.05) is 42.5 Å². The first kappa shape index (κ1) is 18.6. The number of hydrogen-bond donors (Lipinski definition) is 1. The number of nitrogens with zero attached hydrogens (tertiary/aromatic N) is 4. The van der Waals surface area contributed by atoms with Crippen molar-refractivity contribution in [2.24, 2.45) is 0 Å². The van der Waals surface area contributed by atoms with Crippen molar-refractivity contribution in [1.29, 1.82) is 0 Å². The number of benzene rings is 1. The van der Waals surface area contributed by atoms with Crippen LogP contribution < -0.4 is 4.74 Å². The van der Waals surface area contributed by atoms with E-state index < -0.39 is 6.10 Å². The van der Waals surface area contributed by atoms with Crippen LogP contribution >= 0.6 is 0 Å². The van der Waals surface area contributed by atoms with Gasteiger partial charge in [0.05, 0.1) is 0 Å². The topological polar surface area (TPSA) is 84.5 Å². The highest BCUT2D eigenvalue weighted by Crippen LogP contribution is 2.28. The van der Waals surface area contributed by atoms with Crippen LogP contribution in [0, 0.1) is 0 Å². The molecule has 146 valence electrons. The largest absolute Gasteiger partial charge is 0.491 e. The molecule has 28 heavy (non-hydrogen) atoms. The number of aliphatic hydroxyl groups excluding tert-OH is 1. The van der Waals surface area contributed by atoms with Crippen molar-refractivity contribution < 1.29 is 14.4 Å². The Morgan fingerprint density at radius 2 is 1.96 bits per heavy atom. The molecule has 7 heteroatoms. The van der Waals surface area contributed by atoms with Gasteiger partial charge in [-0.15, -0.1) is 0 Å². The molecule has 1 N–H and O–H groups in total. The molecule has 3 aromatic rings. The third-order valence-corrected chi connectivity index (χ3v) is 4.95. The summed E-state index contributed by atoms with van der Waals surface area (Å²) in [6.07, 6.45) is 4.80. The van der Waals surface area contributed by atoms with Gasteiger partial charge in [-0.05, 0) is 50.2 Å². The number of β-amino-alcohol motifs (C(OH)–C–C–N with tert-alkyl or cyclic N) is 1. The molecular formula is C21H24N4O3. The Hall–Kier alpha value is -2.77. The van der Waals surface area contributed by atoms with E-state index in [-0.39, 0.29) is 5.92 Å². The van der Waals surface area contributed by atoms with Gasteiger partial charge in [-0.25, -0.2) is 0 Å². The van der Waals surface area contributed by atoms with Crippen LogP contribution in [0.3, 0.4) is 0 Å². The Bertz CT molecular complexity index is 848. The number of hydrogen-bond acceptors (Lipinski definition) is 7. The maximum Gasteiger partial charge on any atom is 0.230 e. The van der Waals surface area contributed by atoms with Gasteiger partial charge in [0.2, 0.25) is 11.7 Å². The minimum Gasteiger partial charge on any atom is -0.491 e. The fourth-order valence-corrected chi connectivity index (χ4v) is 3.44. The highest BCUT2D eigenvalue weighted by atomic mass is 16.5. The number of rotatable bonds is 7. The molecule has 1 unspecified atom stereocenters. The van der Waals surface area contributed by atoms with Gasteiger partial charge in [0.1, 0.15) is 18.5 Å². The zero-order valence-corrected chi connectivity index (χ0v) is 15.6.